The predicted molar refractivity (Wildman–Crippen MR) is 62.5 cm³/mol. The lowest BCUT2D eigenvalue weighted by Gasteiger charge is -2.13. The van der Waals surface area contributed by atoms with Crippen LogP contribution in [0, 0.1) is 6.92 Å². The summed E-state index contributed by atoms with van der Waals surface area (Å²) in [5.74, 6) is 1.31. The lowest BCUT2D eigenvalue weighted by molar-refractivity contribution is 0.0990. The quantitative estimate of drug-likeness (QED) is 0.767. The molecule has 0 saturated heterocycles. The van der Waals surface area contributed by atoms with Crippen LogP contribution in [0.4, 0.5) is 0 Å². The van der Waals surface area contributed by atoms with Crippen LogP contribution in [0.2, 0.25) is 0 Å². The second-order valence-corrected chi connectivity index (χ2v) is 3.43. The van der Waals surface area contributed by atoms with E-state index in [1.165, 1.54) is 0 Å². The van der Waals surface area contributed by atoms with Gasteiger partial charge in [-0.3, -0.25) is 4.79 Å². The first-order valence-electron chi connectivity index (χ1n) is 5.05. The van der Waals surface area contributed by atoms with Gasteiger partial charge in [0.2, 0.25) is 0 Å². The Morgan fingerprint density at radius 1 is 1.31 bits per heavy atom. The summed E-state index contributed by atoms with van der Waals surface area (Å²) in [6, 6.07) is 3.51. The van der Waals surface area contributed by atoms with E-state index < -0.39 is 0 Å². The van der Waals surface area contributed by atoms with Gasteiger partial charge in [-0.25, -0.2) is 0 Å². The molecule has 4 heteroatoms. The van der Waals surface area contributed by atoms with Crippen molar-refractivity contribution in [2.75, 3.05) is 27.8 Å². The lowest BCUT2D eigenvalue weighted by atomic mass is 10.0. The summed E-state index contributed by atoms with van der Waals surface area (Å²) < 4.78 is 10.4. The minimum atomic E-state index is 0.00473. The number of nitrogens with one attached hydrogen (secondary N) is 1. The molecule has 0 unspecified atom stereocenters. The van der Waals surface area contributed by atoms with Crippen LogP contribution in [0.1, 0.15) is 15.9 Å². The predicted octanol–water partition coefficient (Wildman–Crippen LogP) is 1.41. The van der Waals surface area contributed by atoms with E-state index in [4.69, 9.17) is 9.47 Å². The van der Waals surface area contributed by atoms with Crippen LogP contribution < -0.4 is 14.8 Å². The van der Waals surface area contributed by atoms with Gasteiger partial charge in [-0.15, -0.1) is 0 Å². The molecule has 1 N–H and O–H groups in total. The fourth-order valence-corrected chi connectivity index (χ4v) is 1.63. The molecule has 0 spiro atoms. The SMILES string of the molecule is CNCC(=O)c1ccc(OC)c(C)c1OC. The van der Waals surface area contributed by atoms with Gasteiger partial charge in [0.05, 0.1) is 26.3 Å². The molecule has 0 amide bonds. The van der Waals surface area contributed by atoms with Crippen LogP contribution in [-0.2, 0) is 0 Å². The standard InChI is InChI=1S/C12H17NO3/c1-8-11(15-3)6-5-9(12(8)16-4)10(14)7-13-2/h5-6,13H,7H2,1-4H3. The number of rotatable bonds is 5. The molecule has 0 aliphatic carbocycles. The number of Topliss-reactive ketones (excluding diaryl/α,β-unsaturated/α-hetero) is 1. The van der Waals surface area contributed by atoms with Crippen molar-refractivity contribution in [2.24, 2.45) is 0 Å². The number of ketones is 1. The Morgan fingerprint density at radius 2 is 2.00 bits per heavy atom. The monoisotopic (exact) mass is 223 g/mol. The molecule has 88 valence electrons. The zero-order valence-electron chi connectivity index (χ0n) is 10.1. The number of hydrogen-bond acceptors (Lipinski definition) is 4. The molecule has 1 rings (SSSR count). The van der Waals surface area contributed by atoms with Crippen LogP contribution in [0.25, 0.3) is 0 Å². The van der Waals surface area contributed by atoms with Crippen molar-refractivity contribution in [1.82, 2.24) is 5.32 Å². The maximum atomic E-state index is 11.8. The van der Waals surface area contributed by atoms with E-state index in [0.29, 0.717) is 17.9 Å². The van der Waals surface area contributed by atoms with Crippen molar-refractivity contribution in [2.45, 2.75) is 6.92 Å². The molecular formula is C12H17NO3. The molecular weight excluding hydrogens is 206 g/mol. The number of methoxy groups -OCH3 is 2. The molecule has 1 aromatic carbocycles. The summed E-state index contributed by atoms with van der Waals surface area (Å²) in [7, 11) is 4.88. The maximum absolute atomic E-state index is 11.8. The van der Waals surface area contributed by atoms with Gasteiger partial charge in [-0.05, 0) is 26.1 Å². The molecule has 16 heavy (non-hydrogen) atoms. The third-order valence-corrected chi connectivity index (χ3v) is 2.42. The fraction of sp³-hybridized carbons (Fsp3) is 0.417. The zero-order valence-corrected chi connectivity index (χ0v) is 10.1. The van der Waals surface area contributed by atoms with Gasteiger partial charge in [0.15, 0.2) is 5.78 Å². The summed E-state index contributed by atoms with van der Waals surface area (Å²) in [4.78, 5) is 11.8. The first kappa shape index (κ1) is 12.5. The topological polar surface area (TPSA) is 47.6 Å². The van der Waals surface area contributed by atoms with Crippen LogP contribution in [-0.4, -0.2) is 33.6 Å². The Labute approximate surface area is 95.6 Å². The largest absolute Gasteiger partial charge is 0.496 e. The minimum absolute atomic E-state index is 0.00473. The average molecular weight is 223 g/mol. The van der Waals surface area contributed by atoms with Gasteiger partial charge in [0.1, 0.15) is 11.5 Å². The second kappa shape index (κ2) is 5.51. The number of ether oxygens (including phenoxy) is 2. The van der Waals surface area contributed by atoms with E-state index in [9.17, 15) is 4.79 Å². The Bertz CT molecular complexity index is 388. The van der Waals surface area contributed by atoms with Crippen molar-refractivity contribution in [3.05, 3.63) is 23.3 Å². The van der Waals surface area contributed by atoms with Crippen molar-refractivity contribution in [3.8, 4) is 11.5 Å². The van der Waals surface area contributed by atoms with E-state index in [-0.39, 0.29) is 5.78 Å². The van der Waals surface area contributed by atoms with E-state index in [0.717, 1.165) is 11.3 Å². The highest BCUT2D eigenvalue weighted by Crippen LogP contribution is 2.31. The third kappa shape index (κ3) is 2.33. The molecule has 0 radical (unpaired) electrons. The summed E-state index contributed by atoms with van der Waals surface area (Å²) >= 11 is 0. The fourth-order valence-electron chi connectivity index (χ4n) is 1.63. The molecule has 1 aromatic rings. The minimum Gasteiger partial charge on any atom is -0.496 e. The second-order valence-electron chi connectivity index (χ2n) is 3.43. The third-order valence-electron chi connectivity index (χ3n) is 2.42. The van der Waals surface area contributed by atoms with Gasteiger partial charge in [0, 0.05) is 5.56 Å². The van der Waals surface area contributed by atoms with Gasteiger partial charge >= 0.3 is 0 Å². The number of hydrogen-bond donors (Lipinski definition) is 1. The Kier molecular flexibility index (Phi) is 4.31. The van der Waals surface area contributed by atoms with Crippen molar-refractivity contribution in [1.29, 1.82) is 0 Å². The Hall–Kier alpha value is -1.55. The summed E-state index contributed by atoms with van der Waals surface area (Å²) in [5.41, 5.74) is 1.42. The molecule has 0 bridgehead atoms. The maximum Gasteiger partial charge on any atom is 0.180 e. The first-order valence-corrected chi connectivity index (χ1v) is 5.05. The molecule has 0 fully saturated rings. The molecule has 0 aliphatic rings. The number of carbonyl (C=O) groups excluding carboxylic acids is 1. The van der Waals surface area contributed by atoms with E-state index in [2.05, 4.69) is 5.32 Å². The Balaban J connectivity index is 3.20. The zero-order chi connectivity index (χ0) is 12.1. The van der Waals surface area contributed by atoms with Gasteiger partial charge in [-0.1, -0.05) is 0 Å². The highest BCUT2D eigenvalue weighted by atomic mass is 16.5. The molecule has 0 atom stereocenters. The number of likely N-dealkylation sites (N-methyl/N-ethyl adjacent to an activating group) is 1. The van der Waals surface area contributed by atoms with Crippen LogP contribution in [0.15, 0.2) is 12.1 Å². The van der Waals surface area contributed by atoms with Crippen LogP contribution in [0.3, 0.4) is 0 Å². The van der Waals surface area contributed by atoms with E-state index >= 15 is 0 Å². The molecule has 4 nitrogen and oxygen atoms in total. The van der Waals surface area contributed by atoms with Gasteiger partial charge in [0.25, 0.3) is 0 Å². The number of carbonyl (C=O) groups is 1. The van der Waals surface area contributed by atoms with Crippen LogP contribution >= 0.6 is 0 Å². The highest BCUT2D eigenvalue weighted by Gasteiger charge is 2.16. The molecule has 0 heterocycles. The first-order chi connectivity index (χ1) is 7.65. The number of benzene rings is 1. The summed E-state index contributed by atoms with van der Waals surface area (Å²) in [6.45, 7) is 2.16. The van der Waals surface area contributed by atoms with Crippen molar-refractivity contribution < 1.29 is 14.3 Å². The smallest absolute Gasteiger partial charge is 0.180 e. The molecule has 0 saturated carbocycles. The van der Waals surface area contributed by atoms with Crippen molar-refractivity contribution >= 4 is 5.78 Å². The lowest BCUT2D eigenvalue weighted by Crippen LogP contribution is -2.19. The molecule has 0 aliphatic heterocycles. The normalized spacial score (nSPS) is 10.0. The summed E-state index contributed by atoms with van der Waals surface area (Å²) in [5, 5.41) is 2.83. The van der Waals surface area contributed by atoms with Gasteiger partial charge < -0.3 is 14.8 Å². The van der Waals surface area contributed by atoms with E-state index in [1.54, 1.807) is 33.4 Å². The average Bonchev–Trinajstić information content (AvgIpc) is 2.28. The van der Waals surface area contributed by atoms with Crippen LogP contribution in [0.5, 0.6) is 11.5 Å². The highest BCUT2D eigenvalue weighted by molar-refractivity contribution is 6.00. The van der Waals surface area contributed by atoms with E-state index in [1.807, 2.05) is 6.92 Å². The molecule has 0 aromatic heterocycles. The van der Waals surface area contributed by atoms with Crippen molar-refractivity contribution in [3.63, 3.8) is 0 Å². The summed E-state index contributed by atoms with van der Waals surface area (Å²) in [6.07, 6.45) is 0. The Morgan fingerprint density at radius 3 is 2.50 bits per heavy atom. The van der Waals surface area contributed by atoms with Gasteiger partial charge in [-0.2, -0.15) is 0 Å².